The van der Waals surface area contributed by atoms with E-state index in [1.54, 1.807) is 24.3 Å². The van der Waals surface area contributed by atoms with E-state index in [2.05, 4.69) is 26.0 Å². The molecule has 0 saturated heterocycles. The maximum Gasteiger partial charge on any atom is 0.242 e. The van der Waals surface area contributed by atoms with Gasteiger partial charge >= 0.3 is 0 Å². The molecule has 2 aromatic rings. The number of ether oxygens (including phenoxy) is 1. The number of anilines is 1. The van der Waals surface area contributed by atoms with E-state index in [-0.39, 0.29) is 4.90 Å². The molecule has 2 N–H and O–H groups in total. The minimum absolute atomic E-state index is 0.0655. The molecule has 0 aliphatic carbocycles. The highest BCUT2D eigenvalue weighted by atomic mass is 79.9. The van der Waals surface area contributed by atoms with Gasteiger partial charge in [0.1, 0.15) is 5.75 Å². The second kappa shape index (κ2) is 8.18. The van der Waals surface area contributed by atoms with Gasteiger partial charge < -0.3 is 10.1 Å². The Labute approximate surface area is 159 Å². The second-order valence-electron chi connectivity index (χ2n) is 5.13. The van der Waals surface area contributed by atoms with Gasteiger partial charge in [-0.2, -0.15) is 4.72 Å². The van der Waals surface area contributed by atoms with Crippen LogP contribution in [-0.4, -0.2) is 27.5 Å². The summed E-state index contributed by atoms with van der Waals surface area (Å²) in [6, 6.07) is 9.84. The summed E-state index contributed by atoms with van der Waals surface area (Å²) < 4.78 is 32.9. The Morgan fingerprint density at radius 2 is 1.84 bits per heavy atom. The van der Waals surface area contributed by atoms with Gasteiger partial charge in [-0.25, -0.2) is 8.42 Å². The molecule has 0 spiro atoms. The quantitative estimate of drug-likeness (QED) is 0.711. The molecule has 1 unspecified atom stereocenters. The molecule has 2 aromatic carbocycles. The SMILES string of the molecule is COc1ccc(Cl)cc1NC(=O)C(C)NS(=O)(=O)c1ccc(Br)cc1. The predicted molar refractivity (Wildman–Crippen MR) is 101 cm³/mol. The minimum atomic E-state index is -3.83. The van der Waals surface area contributed by atoms with Crippen molar-refractivity contribution in [1.82, 2.24) is 4.72 Å². The summed E-state index contributed by atoms with van der Waals surface area (Å²) in [5, 5.41) is 3.02. The molecule has 134 valence electrons. The fourth-order valence-electron chi connectivity index (χ4n) is 1.99. The maximum absolute atomic E-state index is 12.3. The molecule has 1 atom stereocenters. The first-order chi connectivity index (χ1) is 11.7. The Balaban J connectivity index is 2.12. The number of methoxy groups -OCH3 is 1. The van der Waals surface area contributed by atoms with Crippen LogP contribution < -0.4 is 14.8 Å². The Bertz CT molecular complexity index is 872. The standard InChI is InChI=1S/C16H16BrClN2O4S/c1-10(20-25(22,23)13-6-3-11(17)4-7-13)16(21)19-14-9-12(18)5-8-15(14)24-2/h3-10,20H,1-2H3,(H,19,21). The maximum atomic E-state index is 12.3. The second-order valence-corrected chi connectivity index (χ2v) is 8.20. The highest BCUT2D eigenvalue weighted by Crippen LogP contribution is 2.27. The van der Waals surface area contributed by atoms with Crippen molar-refractivity contribution in [2.24, 2.45) is 0 Å². The molecule has 0 bridgehead atoms. The van der Waals surface area contributed by atoms with Gasteiger partial charge in [-0.15, -0.1) is 0 Å². The van der Waals surface area contributed by atoms with Crippen molar-refractivity contribution in [3.8, 4) is 5.75 Å². The van der Waals surface area contributed by atoms with Gasteiger partial charge in [0.05, 0.1) is 23.7 Å². The van der Waals surface area contributed by atoms with E-state index in [0.717, 1.165) is 4.47 Å². The molecular formula is C16H16BrClN2O4S. The van der Waals surface area contributed by atoms with Crippen molar-refractivity contribution >= 4 is 49.1 Å². The van der Waals surface area contributed by atoms with Crippen LogP contribution in [0.4, 0.5) is 5.69 Å². The lowest BCUT2D eigenvalue weighted by molar-refractivity contribution is -0.117. The highest BCUT2D eigenvalue weighted by Gasteiger charge is 2.22. The zero-order valence-corrected chi connectivity index (χ0v) is 16.6. The third-order valence-electron chi connectivity index (χ3n) is 3.27. The van der Waals surface area contributed by atoms with E-state index in [0.29, 0.717) is 16.5 Å². The predicted octanol–water partition coefficient (Wildman–Crippen LogP) is 3.42. The van der Waals surface area contributed by atoms with Gasteiger partial charge in [-0.1, -0.05) is 27.5 Å². The lowest BCUT2D eigenvalue weighted by atomic mass is 10.2. The van der Waals surface area contributed by atoms with Crippen LogP contribution in [0.5, 0.6) is 5.75 Å². The number of hydrogen-bond acceptors (Lipinski definition) is 4. The van der Waals surface area contributed by atoms with Crippen LogP contribution in [0.3, 0.4) is 0 Å². The number of rotatable bonds is 6. The molecule has 0 heterocycles. The van der Waals surface area contributed by atoms with Crippen LogP contribution in [0.25, 0.3) is 0 Å². The number of carbonyl (C=O) groups is 1. The van der Waals surface area contributed by atoms with Crippen LogP contribution in [0.15, 0.2) is 51.8 Å². The van der Waals surface area contributed by atoms with Gasteiger partial charge in [-0.3, -0.25) is 4.79 Å². The summed E-state index contributed by atoms with van der Waals surface area (Å²) in [6.07, 6.45) is 0. The third kappa shape index (κ3) is 5.18. The fraction of sp³-hybridized carbons (Fsp3) is 0.188. The number of amides is 1. The molecule has 25 heavy (non-hydrogen) atoms. The van der Waals surface area contributed by atoms with Gasteiger partial charge in [0.15, 0.2) is 0 Å². The van der Waals surface area contributed by atoms with Crippen LogP contribution >= 0.6 is 27.5 Å². The molecule has 2 rings (SSSR count). The number of halogens is 2. The average Bonchev–Trinajstić information content (AvgIpc) is 2.55. The number of benzene rings is 2. The van der Waals surface area contributed by atoms with Gasteiger partial charge in [-0.05, 0) is 49.4 Å². The average molecular weight is 448 g/mol. The highest BCUT2D eigenvalue weighted by molar-refractivity contribution is 9.10. The Kier molecular flexibility index (Phi) is 6.45. The van der Waals surface area contributed by atoms with E-state index in [9.17, 15) is 13.2 Å². The molecule has 9 heteroatoms. The smallest absolute Gasteiger partial charge is 0.242 e. The molecule has 6 nitrogen and oxygen atoms in total. The van der Waals surface area contributed by atoms with E-state index in [1.807, 2.05) is 0 Å². The zero-order valence-electron chi connectivity index (χ0n) is 13.4. The number of sulfonamides is 1. The Hall–Kier alpha value is -1.61. The third-order valence-corrected chi connectivity index (χ3v) is 5.59. The van der Waals surface area contributed by atoms with Crippen molar-refractivity contribution < 1.29 is 17.9 Å². The van der Waals surface area contributed by atoms with Gasteiger partial charge in [0.25, 0.3) is 0 Å². The molecule has 0 aliphatic rings. The monoisotopic (exact) mass is 446 g/mol. The van der Waals surface area contributed by atoms with Crippen LogP contribution in [0.2, 0.25) is 5.02 Å². The summed E-state index contributed by atoms with van der Waals surface area (Å²) in [5.74, 6) is -0.123. The molecule has 1 amide bonds. The van der Waals surface area contributed by atoms with Crippen molar-refractivity contribution in [1.29, 1.82) is 0 Å². The summed E-state index contributed by atoms with van der Waals surface area (Å²) in [5.41, 5.74) is 0.356. The van der Waals surface area contributed by atoms with Crippen molar-refractivity contribution in [3.63, 3.8) is 0 Å². The summed E-state index contributed by atoms with van der Waals surface area (Å²) >= 11 is 9.15. The van der Waals surface area contributed by atoms with E-state index in [4.69, 9.17) is 16.3 Å². The van der Waals surface area contributed by atoms with Crippen LogP contribution in [0, 0.1) is 0 Å². The summed E-state index contributed by atoms with van der Waals surface area (Å²) in [4.78, 5) is 12.4. The van der Waals surface area contributed by atoms with Gasteiger partial charge in [0, 0.05) is 9.50 Å². The first-order valence-electron chi connectivity index (χ1n) is 7.15. The largest absolute Gasteiger partial charge is 0.495 e. The van der Waals surface area contributed by atoms with Crippen molar-refractivity contribution in [3.05, 3.63) is 52.0 Å². The summed E-state index contributed by atoms with van der Waals surface area (Å²) in [6.45, 7) is 1.45. The number of hydrogen-bond donors (Lipinski definition) is 2. The van der Waals surface area contributed by atoms with E-state index >= 15 is 0 Å². The normalized spacial score (nSPS) is 12.5. The lowest BCUT2D eigenvalue weighted by Crippen LogP contribution is -2.41. The molecule has 0 aromatic heterocycles. The fourth-order valence-corrected chi connectivity index (χ4v) is 3.63. The molecule has 0 saturated carbocycles. The molecule has 0 radical (unpaired) electrons. The van der Waals surface area contributed by atoms with Gasteiger partial charge in [0.2, 0.25) is 15.9 Å². The minimum Gasteiger partial charge on any atom is -0.495 e. The Morgan fingerprint density at radius 1 is 1.20 bits per heavy atom. The van der Waals surface area contributed by atoms with E-state index < -0.39 is 22.0 Å². The first kappa shape index (κ1) is 19.7. The zero-order chi connectivity index (χ0) is 18.6. The molecular weight excluding hydrogens is 432 g/mol. The Morgan fingerprint density at radius 3 is 2.44 bits per heavy atom. The van der Waals surface area contributed by atoms with Crippen molar-refractivity contribution in [2.45, 2.75) is 17.9 Å². The van der Waals surface area contributed by atoms with Crippen molar-refractivity contribution in [2.75, 3.05) is 12.4 Å². The molecule has 0 aliphatic heterocycles. The lowest BCUT2D eigenvalue weighted by Gasteiger charge is -2.16. The number of carbonyl (C=O) groups excluding carboxylic acids is 1. The van der Waals surface area contributed by atoms with Crippen LogP contribution in [0.1, 0.15) is 6.92 Å². The van der Waals surface area contributed by atoms with Crippen LogP contribution in [-0.2, 0) is 14.8 Å². The number of nitrogens with one attached hydrogen (secondary N) is 2. The van der Waals surface area contributed by atoms with E-state index in [1.165, 1.54) is 32.2 Å². The summed E-state index contributed by atoms with van der Waals surface area (Å²) in [7, 11) is -2.37. The first-order valence-corrected chi connectivity index (χ1v) is 9.80. The molecule has 0 fully saturated rings. The topological polar surface area (TPSA) is 84.5 Å².